The molecule has 0 radical (unpaired) electrons. The summed E-state index contributed by atoms with van der Waals surface area (Å²) in [6.07, 6.45) is 8.03. The number of rotatable bonds is 6. The van der Waals surface area contributed by atoms with Gasteiger partial charge in [-0.2, -0.15) is 9.19 Å². The van der Waals surface area contributed by atoms with Crippen LogP contribution in [0, 0.1) is 0 Å². The monoisotopic (exact) mass is 433 g/mol. The Bertz CT molecular complexity index is 1370. The maximum Gasteiger partial charge on any atom is 0.256 e. The lowest BCUT2D eigenvalue weighted by molar-refractivity contribution is 0.578. The van der Waals surface area contributed by atoms with Crippen LogP contribution in [0.3, 0.4) is 0 Å². The average Bonchev–Trinajstić information content (AvgIpc) is 3.50. The summed E-state index contributed by atoms with van der Waals surface area (Å²) in [5, 5.41) is 9.37. The van der Waals surface area contributed by atoms with E-state index >= 15 is 0 Å². The van der Waals surface area contributed by atoms with Gasteiger partial charge in [-0.3, -0.25) is 4.98 Å². The van der Waals surface area contributed by atoms with Crippen molar-refractivity contribution >= 4 is 32.3 Å². The molecule has 1 fully saturated rings. The molecule has 0 bridgehead atoms. The molecular formula is C23H23N5O2S. The fourth-order valence-corrected chi connectivity index (χ4v) is 5.15. The average molecular weight is 434 g/mol. The van der Waals surface area contributed by atoms with Gasteiger partial charge in [0.2, 0.25) is 0 Å². The van der Waals surface area contributed by atoms with Gasteiger partial charge >= 0.3 is 0 Å². The van der Waals surface area contributed by atoms with Gasteiger partial charge in [0.15, 0.2) is 0 Å². The molecule has 1 aliphatic carbocycles. The Morgan fingerprint density at radius 3 is 2.71 bits per heavy atom. The van der Waals surface area contributed by atoms with Crippen molar-refractivity contribution in [3.05, 3.63) is 66.7 Å². The van der Waals surface area contributed by atoms with Gasteiger partial charge < -0.3 is 5.32 Å². The molecule has 0 spiro atoms. The van der Waals surface area contributed by atoms with E-state index < -0.39 is 10.0 Å². The molecule has 158 valence electrons. The first-order chi connectivity index (χ1) is 14.9. The Labute approximate surface area is 181 Å². The molecular weight excluding hydrogens is 410 g/mol. The van der Waals surface area contributed by atoms with Crippen molar-refractivity contribution in [2.24, 2.45) is 0 Å². The minimum Gasteiger partial charge on any atom is -0.340 e. The van der Waals surface area contributed by atoms with E-state index in [2.05, 4.69) is 58.5 Å². The predicted octanol–water partition coefficient (Wildman–Crippen LogP) is 4.70. The highest BCUT2D eigenvalue weighted by atomic mass is 32.2. The quantitative estimate of drug-likeness (QED) is 0.474. The van der Waals surface area contributed by atoms with Crippen LogP contribution in [0.25, 0.3) is 22.0 Å². The SMILES string of the molecule is CC(C)c1cccc2cnc(Nc3ccnc(-c4cnn(S(=O)(=O)C5CC5)c4)c3)cc12. The van der Waals surface area contributed by atoms with E-state index in [0.29, 0.717) is 30.0 Å². The van der Waals surface area contributed by atoms with Gasteiger partial charge in [-0.1, -0.05) is 32.0 Å². The van der Waals surface area contributed by atoms with E-state index in [1.807, 2.05) is 18.3 Å². The summed E-state index contributed by atoms with van der Waals surface area (Å²) in [6.45, 7) is 4.36. The van der Waals surface area contributed by atoms with Crippen molar-refractivity contribution < 1.29 is 8.42 Å². The summed E-state index contributed by atoms with van der Waals surface area (Å²) in [5.74, 6) is 1.15. The highest BCUT2D eigenvalue weighted by Gasteiger charge is 2.37. The predicted molar refractivity (Wildman–Crippen MR) is 122 cm³/mol. The molecule has 7 nitrogen and oxygen atoms in total. The molecule has 31 heavy (non-hydrogen) atoms. The summed E-state index contributed by atoms with van der Waals surface area (Å²) in [6, 6.07) is 12.1. The third-order valence-electron chi connectivity index (χ3n) is 5.51. The Morgan fingerprint density at radius 1 is 1.10 bits per heavy atom. The normalized spacial score (nSPS) is 14.3. The number of benzene rings is 1. The van der Waals surface area contributed by atoms with Crippen molar-refractivity contribution in [1.29, 1.82) is 0 Å². The summed E-state index contributed by atoms with van der Waals surface area (Å²) >= 11 is 0. The van der Waals surface area contributed by atoms with Crippen molar-refractivity contribution in [2.45, 2.75) is 37.9 Å². The summed E-state index contributed by atoms with van der Waals surface area (Å²) in [5.41, 5.74) is 3.40. The second kappa shape index (κ2) is 7.46. The topological polar surface area (TPSA) is 89.8 Å². The van der Waals surface area contributed by atoms with E-state index in [-0.39, 0.29) is 5.25 Å². The minimum atomic E-state index is -3.39. The lowest BCUT2D eigenvalue weighted by atomic mass is 9.97. The third-order valence-corrected chi connectivity index (χ3v) is 7.55. The van der Waals surface area contributed by atoms with E-state index in [0.717, 1.165) is 21.0 Å². The van der Waals surface area contributed by atoms with Gasteiger partial charge in [-0.25, -0.2) is 13.4 Å². The van der Waals surface area contributed by atoms with Gasteiger partial charge in [0.05, 0.1) is 23.3 Å². The lowest BCUT2D eigenvalue weighted by Crippen LogP contribution is -2.17. The molecule has 0 atom stereocenters. The highest BCUT2D eigenvalue weighted by Crippen LogP contribution is 2.31. The molecule has 1 aromatic carbocycles. The van der Waals surface area contributed by atoms with Gasteiger partial charge in [0, 0.05) is 29.0 Å². The largest absolute Gasteiger partial charge is 0.340 e. The molecule has 0 unspecified atom stereocenters. The number of pyridine rings is 2. The van der Waals surface area contributed by atoms with Crippen molar-refractivity contribution in [2.75, 3.05) is 5.32 Å². The molecule has 1 saturated carbocycles. The zero-order valence-electron chi connectivity index (χ0n) is 17.4. The van der Waals surface area contributed by atoms with Crippen molar-refractivity contribution in [3.8, 4) is 11.3 Å². The van der Waals surface area contributed by atoms with Crippen LogP contribution in [-0.2, 0) is 10.0 Å². The van der Waals surface area contributed by atoms with Crippen LogP contribution < -0.4 is 5.32 Å². The number of hydrogen-bond acceptors (Lipinski definition) is 6. The van der Waals surface area contributed by atoms with Gasteiger partial charge in [0.1, 0.15) is 5.82 Å². The molecule has 1 aliphatic rings. The molecule has 5 rings (SSSR count). The third kappa shape index (κ3) is 3.79. The van der Waals surface area contributed by atoms with E-state index in [4.69, 9.17) is 0 Å². The number of hydrogen-bond donors (Lipinski definition) is 1. The maximum atomic E-state index is 12.4. The standard InChI is InChI=1S/C23H23N5O2S/c1-15(2)20-5-3-4-16-12-25-23(11-21(16)20)27-18-8-9-24-22(10-18)17-13-26-28(14-17)31(29,30)19-6-7-19/h3-5,8-15,19H,6-7H2,1-2H3,(H,24,25,27). The van der Waals surface area contributed by atoms with Crippen LogP contribution >= 0.6 is 0 Å². The Morgan fingerprint density at radius 2 is 1.94 bits per heavy atom. The van der Waals surface area contributed by atoms with Crippen LogP contribution in [0.1, 0.15) is 38.2 Å². The van der Waals surface area contributed by atoms with Gasteiger partial charge in [-0.05, 0) is 47.9 Å². The molecule has 1 N–H and O–H groups in total. The van der Waals surface area contributed by atoms with E-state index in [1.165, 1.54) is 23.3 Å². The first-order valence-corrected chi connectivity index (χ1v) is 11.8. The van der Waals surface area contributed by atoms with Crippen LogP contribution in [0.2, 0.25) is 0 Å². The number of aromatic nitrogens is 4. The second-order valence-electron chi connectivity index (χ2n) is 8.19. The molecule has 0 aliphatic heterocycles. The zero-order valence-corrected chi connectivity index (χ0v) is 18.2. The van der Waals surface area contributed by atoms with Crippen LogP contribution in [0.15, 0.2) is 61.2 Å². The number of anilines is 2. The van der Waals surface area contributed by atoms with Gasteiger partial charge in [0.25, 0.3) is 10.0 Å². The molecule has 3 aromatic heterocycles. The number of nitrogens with one attached hydrogen (secondary N) is 1. The summed E-state index contributed by atoms with van der Waals surface area (Å²) in [7, 11) is -3.39. The van der Waals surface area contributed by atoms with Gasteiger partial charge in [-0.15, -0.1) is 0 Å². The maximum absolute atomic E-state index is 12.4. The van der Waals surface area contributed by atoms with Crippen molar-refractivity contribution in [1.82, 2.24) is 19.2 Å². The number of nitrogens with zero attached hydrogens (tertiary/aromatic N) is 4. The zero-order chi connectivity index (χ0) is 21.6. The van der Waals surface area contributed by atoms with E-state index in [1.54, 1.807) is 6.20 Å². The Hall–Kier alpha value is -3.26. The minimum absolute atomic E-state index is 0.309. The Kier molecular flexibility index (Phi) is 4.74. The van der Waals surface area contributed by atoms with Crippen LogP contribution in [-0.4, -0.2) is 32.8 Å². The molecule has 0 amide bonds. The highest BCUT2D eigenvalue weighted by molar-refractivity contribution is 7.90. The summed E-state index contributed by atoms with van der Waals surface area (Å²) in [4.78, 5) is 8.93. The first-order valence-electron chi connectivity index (χ1n) is 10.3. The Balaban J connectivity index is 1.44. The number of fused-ring (bicyclic) bond motifs is 1. The van der Waals surface area contributed by atoms with Crippen LogP contribution in [0.4, 0.5) is 11.5 Å². The molecule has 0 saturated heterocycles. The molecule has 3 heterocycles. The smallest absolute Gasteiger partial charge is 0.256 e. The summed E-state index contributed by atoms with van der Waals surface area (Å²) < 4.78 is 25.8. The van der Waals surface area contributed by atoms with Crippen LogP contribution in [0.5, 0.6) is 0 Å². The fraction of sp³-hybridized carbons (Fsp3) is 0.261. The fourth-order valence-electron chi connectivity index (χ4n) is 3.67. The first kappa shape index (κ1) is 19.7. The van der Waals surface area contributed by atoms with Crippen molar-refractivity contribution in [3.63, 3.8) is 0 Å². The molecule has 4 aromatic rings. The lowest BCUT2D eigenvalue weighted by Gasteiger charge is -2.12. The molecule has 8 heteroatoms. The van der Waals surface area contributed by atoms with E-state index in [9.17, 15) is 8.42 Å². The second-order valence-corrected chi connectivity index (χ2v) is 10.3.